The highest BCUT2D eigenvalue weighted by molar-refractivity contribution is 9.10. The van der Waals surface area contributed by atoms with Crippen LogP contribution in [0.1, 0.15) is 12.5 Å². The zero-order chi connectivity index (χ0) is 14.8. The van der Waals surface area contributed by atoms with Gasteiger partial charge in [0.15, 0.2) is 5.60 Å². The summed E-state index contributed by atoms with van der Waals surface area (Å²) in [5, 5.41) is 18.2. The van der Waals surface area contributed by atoms with Crippen LogP contribution in [0, 0.1) is 6.92 Å². The van der Waals surface area contributed by atoms with Gasteiger partial charge in [-0.2, -0.15) is 0 Å². The van der Waals surface area contributed by atoms with Gasteiger partial charge in [-0.25, -0.2) is 17.9 Å². The number of benzene rings is 1. The fourth-order valence-corrected chi connectivity index (χ4v) is 3.17. The van der Waals surface area contributed by atoms with Crippen LogP contribution in [0.25, 0.3) is 0 Å². The summed E-state index contributed by atoms with van der Waals surface area (Å²) >= 11 is 3.17. The molecular formula is C11H14BrNO5S. The van der Waals surface area contributed by atoms with Crippen LogP contribution in [-0.4, -0.2) is 36.7 Å². The lowest BCUT2D eigenvalue weighted by Crippen LogP contribution is -2.46. The van der Waals surface area contributed by atoms with Crippen LogP contribution < -0.4 is 4.72 Å². The molecule has 0 radical (unpaired) electrons. The monoisotopic (exact) mass is 351 g/mol. The van der Waals surface area contributed by atoms with Crippen LogP contribution in [-0.2, 0) is 14.8 Å². The molecule has 6 nitrogen and oxygen atoms in total. The van der Waals surface area contributed by atoms with Crippen molar-refractivity contribution in [1.82, 2.24) is 4.72 Å². The fourth-order valence-electron chi connectivity index (χ4n) is 1.25. The number of carboxylic acid groups (broad SMARTS) is 1. The van der Waals surface area contributed by atoms with Crippen molar-refractivity contribution in [2.24, 2.45) is 0 Å². The summed E-state index contributed by atoms with van der Waals surface area (Å²) in [6.45, 7) is 2.03. The summed E-state index contributed by atoms with van der Waals surface area (Å²) in [5.41, 5.74) is -1.64. The van der Waals surface area contributed by atoms with Crippen LogP contribution in [0.15, 0.2) is 27.6 Å². The summed E-state index contributed by atoms with van der Waals surface area (Å²) < 4.78 is 26.7. The number of aliphatic hydroxyl groups is 1. The first-order valence-corrected chi connectivity index (χ1v) is 7.55. The molecule has 3 N–H and O–H groups in total. The lowest BCUT2D eigenvalue weighted by molar-refractivity contribution is -0.155. The Kier molecular flexibility index (Phi) is 4.72. The fraction of sp³-hybridized carbons (Fsp3) is 0.364. The number of sulfonamides is 1. The van der Waals surface area contributed by atoms with E-state index in [0.29, 0.717) is 10.0 Å². The Morgan fingerprint density at radius 2 is 2.05 bits per heavy atom. The Hall–Kier alpha value is -0.960. The van der Waals surface area contributed by atoms with E-state index in [-0.39, 0.29) is 4.90 Å². The summed E-state index contributed by atoms with van der Waals surface area (Å²) in [4.78, 5) is 10.7. The van der Waals surface area contributed by atoms with Crippen LogP contribution in [0.5, 0.6) is 0 Å². The smallest absolute Gasteiger partial charge is 0.336 e. The first-order valence-electron chi connectivity index (χ1n) is 5.28. The molecule has 0 heterocycles. The molecule has 0 saturated heterocycles. The van der Waals surface area contributed by atoms with E-state index in [0.717, 1.165) is 6.92 Å². The third kappa shape index (κ3) is 4.00. The van der Waals surface area contributed by atoms with E-state index >= 15 is 0 Å². The van der Waals surface area contributed by atoms with Crippen molar-refractivity contribution in [3.05, 3.63) is 28.2 Å². The summed E-state index contributed by atoms with van der Waals surface area (Å²) in [6, 6.07) is 4.73. The van der Waals surface area contributed by atoms with Crippen molar-refractivity contribution in [3.8, 4) is 0 Å². The van der Waals surface area contributed by atoms with Gasteiger partial charge in [0.2, 0.25) is 10.0 Å². The van der Waals surface area contributed by atoms with E-state index < -0.39 is 28.1 Å². The maximum atomic E-state index is 12.0. The van der Waals surface area contributed by atoms with E-state index in [1.54, 1.807) is 19.1 Å². The van der Waals surface area contributed by atoms with E-state index in [4.69, 9.17) is 5.11 Å². The molecular weight excluding hydrogens is 338 g/mol. The van der Waals surface area contributed by atoms with E-state index in [1.807, 2.05) is 0 Å². The second-order valence-corrected chi connectivity index (χ2v) is 6.96. The van der Waals surface area contributed by atoms with Gasteiger partial charge in [0.25, 0.3) is 0 Å². The topological polar surface area (TPSA) is 104 Å². The predicted molar refractivity (Wildman–Crippen MR) is 72.3 cm³/mol. The summed E-state index contributed by atoms with van der Waals surface area (Å²) in [5.74, 6) is -1.50. The second kappa shape index (κ2) is 5.58. The van der Waals surface area contributed by atoms with Gasteiger partial charge in [-0.1, -0.05) is 22.0 Å². The molecule has 0 amide bonds. The molecule has 0 aliphatic carbocycles. The largest absolute Gasteiger partial charge is 0.479 e. The molecule has 1 unspecified atom stereocenters. The zero-order valence-electron chi connectivity index (χ0n) is 10.3. The number of aliphatic carboxylic acids is 1. The van der Waals surface area contributed by atoms with Crippen LogP contribution in [0.4, 0.5) is 0 Å². The van der Waals surface area contributed by atoms with Gasteiger partial charge in [-0.3, -0.25) is 0 Å². The van der Waals surface area contributed by atoms with Gasteiger partial charge >= 0.3 is 5.97 Å². The molecule has 19 heavy (non-hydrogen) atoms. The molecule has 106 valence electrons. The number of halogens is 1. The molecule has 1 rings (SSSR count). The molecule has 1 atom stereocenters. The van der Waals surface area contributed by atoms with Crippen LogP contribution >= 0.6 is 15.9 Å². The Morgan fingerprint density at radius 3 is 2.58 bits per heavy atom. The molecule has 0 aliphatic heterocycles. The molecule has 0 aliphatic rings. The van der Waals surface area contributed by atoms with Crippen molar-refractivity contribution in [2.45, 2.75) is 24.3 Å². The normalized spacial score (nSPS) is 14.9. The second-order valence-electron chi connectivity index (χ2n) is 4.31. The molecule has 8 heteroatoms. The Balaban J connectivity index is 3.00. The van der Waals surface area contributed by atoms with Crippen molar-refractivity contribution < 1.29 is 23.4 Å². The first kappa shape index (κ1) is 16.1. The highest BCUT2D eigenvalue weighted by Crippen LogP contribution is 2.20. The van der Waals surface area contributed by atoms with Gasteiger partial charge in [0, 0.05) is 4.47 Å². The summed E-state index contributed by atoms with van der Waals surface area (Å²) in [6.07, 6.45) is 0. The number of aryl methyl sites for hydroxylation is 1. The van der Waals surface area contributed by atoms with Gasteiger partial charge in [0.05, 0.1) is 11.4 Å². The maximum absolute atomic E-state index is 12.0. The molecule has 1 aromatic carbocycles. The molecule has 0 aromatic heterocycles. The predicted octanol–water partition coefficient (Wildman–Crippen LogP) is 0.871. The van der Waals surface area contributed by atoms with E-state index in [9.17, 15) is 18.3 Å². The van der Waals surface area contributed by atoms with Crippen molar-refractivity contribution in [3.63, 3.8) is 0 Å². The van der Waals surface area contributed by atoms with Crippen LogP contribution in [0.3, 0.4) is 0 Å². The quantitative estimate of drug-likeness (QED) is 0.730. The average Bonchev–Trinajstić information content (AvgIpc) is 2.30. The highest BCUT2D eigenvalue weighted by atomic mass is 79.9. The molecule has 0 bridgehead atoms. The number of carbonyl (C=O) groups is 1. The number of hydrogen-bond acceptors (Lipinski definition) is 4. The van der Waals surface area contributed by atoms with Crippen molar-refractivity contribution >= 4 is 31.9 Å². The van der Waals surface area contributed by atoms with E-state index in [1.165, 1.54) is 6.07 Å². The number of hydrogen-bond donors (Lipinski definition) is 3. The average molecular weight is 352 g/mol. The van der Waals surface area contributed by atoms with Crippen LogP contribution in [0.2, 0.25) is 0 Å². The van der Waals surface area contributed by atoms with Gasteiger partial charge in [-0.15, -0.1) is 0 Å². The third-order valence-electron chi connectivity index (χ3n) is 2.51. The zero-order valence-corrected chi connectivity index (χ0v) is 12.7. The summed E-state index contributed by atoms with van der Waals surface area (Å²) in [7, 11) is -3.88. The molecule has 0 saturated carbocycles. The highest BCUT2D eigenvalue weighted by Gasteiger charge is 2.32. The minimum atomic E-state index is -3.88. The Morgan fingerprint density at radius 1 is 1.47 bits per heavy atom. The first-order chi connectivity index (χ1) is 8.56. The number of nitrogens with one attached hydrogen (secondary N) is 1. The van der Waals surface area contributed by atoms with Crippen molar-refractivity contribution in [1.29, 1.82) is 0 Å². The van der Waals surface area contributed by atoms with Gasteiger partial charge in [0.1, 0.15) is 0 Å². The van der Waals surface area contributed by atoms with Gasteiger partial charge < -0.3 is 10.2 Å². The lowest BCUT2D eigenvalue weighted by Gasteiger charge is -2.18. The molecule has 1 aromatic rings. The van der Waals surface area contributed by atoms with E-state index in [2.05, 4.69) is 20.7 Å². The Labute approximate surface area is 119 Å². The number of rotatable bonds is 5. The van der Waals surface area contributed by atoms with Gasteiger partial charge in [-0.05, 0) is 31.5 Å². The SMILES string of the molecule is Cc1ccc(Br)cc1S(=O)(=O)NCC(C)(O)C(=O)O. The molecule has 0 spiro atoms. The minimum absolute atomic E-state index is 0.0306. The number of carboxylic acids is 1. The van der Waals surface area contributed by atoms with Crippen molar-refractivity contribution in [2.75, 3.05) is 6.54 Å². The minimum Gasteiger partial charge on any atom is -0.479 e. The molecule has 0 fully saturated rings. The maximum Gasteiger partial charge on any atom is 0.336 e. The lowest BCUT2D eigenvalue weighted by atomic mass is 10.1. The third-order valence-corrected chi connectivity index (χ3v) is 4.54. The Bertz CT molecular complexity index is 597. The standard InChI is InChI=1S/C11H14BrNO5S/c1-7-3-4-8(12)5-9(7)19(17,18)13-6-11(2,16)10(14)15/h3-5,13,16H,6H2,1-2H3,(H,14,15).